The van der Waals surface area contributed by atoms with Crippen molar-refractivity contribution < 1.29 is 4.79 Å². The van der Waals surface area contributed by atoms with E-state index in [0.717, 1.165) is 0 Å². The van der Waals surface area contributed by atoms with E-state index in [9.17, 15) is 9.59 Å². The number of nitrogen functional groups attached to an aromatic ring is 1. The maximum absolute atomic E-state index is 12.0. The summed E-state index contributed by atoms with van der Waals surface area (Å²) in [6, 6.07) is 6.86. The summed E-state index contributed by atoms with van der Waals surface area (Å²) in [6.07, 6.45) is 1.68. The van der Waals surface area contributed by atoms with Gasteiger partial charge in [-0.3, -0.25) is 14.0 Å². The summed E-state index contributed by atoms with van der Waals surface area (Å²) in [6.45, 7) is 0. The Morgan fingerprint density at radius 1 is 1.35 bits per heavy atom. The SMILES string of the molecule is Nc1c(NC(=O)c2ccsc2)c(=O)nc2ccccn12. The molecule has 0 unspecified atom stereocenters. The van der Waals surface area contributed by atoms with Crippen molar-refractivity contribution in [2.45, 2.75) is 0 Å². The molecule has 0 aliphatic heterocycles. The minimum absolute atomic E-state index is 0.00935. The maximum atomic E-state index is 12.0. The molecule has 3 aromatic rings. The second-order valence-electron chi connectivity index (χ2n) is 4.07. The van der Waals surface area contributed by atoms with Crippen LogP contribution < -0.4 is 16.6 Å². The predicted octanol–water partition coefficient (Wildman–Crippen LogP) is 1.59. The number of fused-ring (bicyclic) bond motifs is 1. The van der Waals surface area contributed by atoms with Crippen molar-refractivity contribution in [2.75, 3.05) is 11.1 Å². The molecule has 7 heteroatoms. The highest BCUT2D eigenvalue weighted by Gasteiger charge is 2.14. The number of hydrogen-bond donors (Lipinski definition) is 2. The molecule has 3 aromatic heterocycles. The Labute approximate surface area is 117 Å². The quantitative estimate of drug-likeness (QED) is 0.748. The number of carbonyl (C=O) groups excluding carboxylic acids is 1. The summed E-state index contributed by atoms with van der Waals surface area (Å²) in [5, 5.41) is 5.99. The molecule has 0 saturated heterocycles. The lowest BCUT2D eigenvalue weighted by molar-refractivity contribution is 0.102. The smallest absolute Gasteiger partial charge is 0.299 e. The van der Waals surface area contributed by atoms with E-state index in [4.69, 9.17) is 5.73 Å². The van der Waals surface area contributed by atoms with E-state index in [1.165, 1.54) is 11.3 Å². The maximum Gasteiger partial charge on any atom is 0.299 e. The van der Waals surface area contributed by atoms with Crippen LogP contribution in [0.5, 0.6) is 0 Å². The van der Waals surface area contributed by atoms with Crippen molar-refractivity contribution in [1.82, 2.24) is 9.38 Å². The van der Waals surface area contributed by atoms with E-state index in [1.54, 1.807) is 45.6 Å². The van der Waals surface area contributed by atoms with Gasteiger partial charge >= 0.3 is 0 Å². The number of nitrogens with two attached hydrogens (primary N) is 1. The van der Waals surface area contributed by atoms with Crippen LogP contribution in [-0.2, 0) is 0 Å². The Morgan fingerprint density at radius 2 is 2.20 bits per heavy atom. The molecule has 3 N–H and O–H groups in total. The molecule has 0 fully saturated rings. The van der Waals surface area contributed by atoms with E-state index < -0.39 is 5.56 Å². The Balaban J connectivity index is 2.08. The van der Waals surface area contributed by atoms with Crippen molar-refractivity contribution >= 4 is 34.4 Å². The number of aromatic nitrogens is 2. The second-order valence-corrected chi connectivity index (χ2v) is 4.85. The van der Waals surface area contributed by atoms with Gasteiger partial charge in [-0.2, -0.15) is 16.3 Å². The fourth-order valence-electron chi connectivity index (χ4n) is 1.82. The van der Waals surface area contributed by atoms with Gasteiger partial charge in [-0.05, 0) is 23.6 Å². The lowest BCUT2D eigenvalue weighted by atomic mass is 10.3. The number of carbonyl (C=O) groups is 1. The van der Waals surface area contributed by atoms with Crippen LogP contribution in [0.15, 0.2) is 46.0 Å². The van der Waals surface area contributed by atoms with Crippen LogP contribution in [-0.4, -0.2) is 15.3 Å². The van der Waals surface area contributed by atoms with Crippen molar-refractivity contribution in [2.24, 2.45) is 0 Å². The highest BCUT2D eigenvalue weighted by atomic mass is 32.1. The molecule has 1 amide bonds. The fourth-order valence-corrected chi connectivity index (χ4v) is 2.45. The van der Waals surface area contributed by atoms with E-state index in [2.05, 4.69) is 10.3 Å². The molecule has 0 bridgehead atoms. The molecular weight excluding hydrogens is 276 g/mol. The Bertz CT molecular complexity index is 839. The largest absolute Gasteiger partial charge is 0.383 e. The number of nitrogens with one attached hydrogen (secondary N) is 1. The average molecular weight is 286 g/mol. The van der Waals surface area contributed by atoms with Crippen LogP contribution in [0.1, 0.15) is 10.4 Å². The molecular formula is C13H10N4O2S. The third kappa shape index (κ3) is 2.04. The van der Waals surface area contributed by atoms with E-state index >= 15 is 0 Å². The molecule has 0 aliphatic rings. The van der Waals surface area contributed by atoms with Gasteiger partial charge in [0.2, 0.25) is 0 Å². The summed E-state index contributed by atoms with van der Waals surface area (Å²) >= 11 is 1.40. The van der Waals surface area contributed by atoms with Gasteiger partial charge in [0.1, 0.15) is 11.5 Å². The molecule has 0 radical (unpaired) electrons. The van der Waals surface area contributed by atoms with Gasteiger partial charge in [0, 0.05) is 11.6 Å². The number of pyridine rings is 1. The Morgan fingerprint density at radius 3 is 2.95 bits per heavy atom. The van der Waals surface area contributed by atoms with E-state index in [0.29, 0.717) is 11.2 Å². The number of thiophene rings is 1. The molecule has 0 atom stereocenters. The van der Waals surface area contributed by atoms with Gasteiger partial charge in [0.25, 0.3) is 11.5 Å². The summed E-state index contributed by atoms with van der Waals surface area (Å²) in [4.78, 5) is 27.8. The van der Waals surface area contributed by atoms with Crippen molar-refractivity contribution in [3.05, 3.63) is 57.1 Å². The first-order valence-electron chi connectivity index (χ1n) is 5.77. The van der Waals surface area contributed by atoms with Gasteiger partial charge in [0.15, 0.2) is 5.69 Å². The predicted molar refractivity (Wildman–Crippen MR) is 78.1 cm³/mol. The molecule has 0 aliphatic carbocycles. The summed E-state index contributed by atoms with van der Waals surface area (Å²) < 4.78 is 1.55. The second kappa shape index (κ2) is 4.78. The number of hydrogen-bond acceptors (Lipinski definition) is 5. The minimum Gasteiger partial charge on any atom is -0.383 e. The van der Waals surface area contributed by atoms with E-state index in [-0.39, 0.29) is 17.4 Å². The Kier molecular flexibility index (Phi) is 2.96. The number of anilines is 2. The van der Waals surface area contributed by atoms with Gasteiger partial charge < -0.3 is 11.1 Å². The van der Waals surface area contributed by atoms with Gasteiger partial charge in [-0.1, -0.05) is 6.07 Å². The molecule has 3 rings (SSSR count). The highest BCUT2D eigenvalue weighted by Crippen LogP contribution is 2.16. The first-order valence-corrected chi connectivity index (χ1v) is 6.71. The molecule has 3 heterocycles. The van der Waals surface area contributed by atoms with Crippen LogP contribution in [0, 0.1) is 0 Å². The topological polar surface area (TPSA) is 89.5 Å². The molecule has 100 valence electrons. The van der Waals surface area contributed by atoms with Crippen LogP contribution in [0.2, 0.25) is 0 Å². The van der Waals surface area contributed by atoms with E-state index in [1.807, 2.05) is 0 Å². The zero-order valence-corrected chi connectivity index (χ0v) is 11.1. The molecule has 0 spiro atoms. The number of amides is 1. The van der Waals surface area contributed by atoms with Crippen molar-refractivity contribution in [3.63, 3.8) is 0 Å². The third-order valence-electron chi connectivity index (χ3n) is 2.81. The zero-order valence-electron chi connectivity index (χ0n) is 10.2. The summed E-state index contributed by atoms with van der Waals surface area (Å²) in [5.41, 5.74) is 6.28. The lowest BCUT2D eigenvalue weighted by Gasteiger charge is -2.09. The number of rotatable bonds is 2. The first-order chi connectivity index (χ1) is 9.66. The third-order valence-corrected chi connectivity index (χ3v) is 3.49. The van der Waals surface area contributed by atoms with Crippen molar-refractivity contribution in [3.8, 4) is 0 Å². The van der Waals surface area contributed by atoms with Crippen LogP contribution >= 0.6 is 11.3 Å². The molecule has 0 saturated carbocycles. The highest BCUT2D eigenvalue weighted by molar-refractivity contribution is 7.08. The molecule has 6 nitrogen and oxygen atoms in total. The monoisotopic (exact) mass is 286 g/mol. The molecule has 0 aromatic carbocycles. The standard InChI is InChI=1S/C13H10N4O2S/c14-11-10(16-12(18)8-4-6-20-7-8)13(19)15-9-3-1-2-5-17(9)11/h1-7H,14H2,(H,16,18). The van der Waals surface area contributed by atoms with Crippen LogP contribution in [0.3, 0.4) is 0 Å². The number of nitrogens with zero attached hydrogens (tertiary/aromatic N) is 2. The summed E-state index contributed by atoms with van der Waals surface area (Å²) in [5.74, 6) is -0.225. The average Bonchev–Trinajstić information content (AvgIpc) is 2.97. The fraction of sp³-hybridized carbons (Fsp3) is 0. The van der Waals surface area contributed by atoms with Gasteiger partial charge in [-0.15, -0.1) is 0 Å². The van der Waals surface area contributed by atoms with Gasteiger partial charge in [0.05, 0.1) is 5.56 Å². The molecule has 20 heavy (non-hydrogen) atoms. The van der Waals surface area contributed by atoms with Crippen LogP contribution in [0.25, 0.3) is 5.65 Å². The Hall–Kier alpha value is -2.67. The normalized spacial score (nSPS) is 10.6. The zero-order chi connectivity index (χ0) is 14.1. The van der Waals surface area contributed by atoms with Crippen LogP contribution in [0.4, 0.5) is 11.5 Å². The van der Waals surface area contributed by atoms with Gasteiger partial charge in [-0.25, -0.2) is 0 Å². The van der Waals surface area contributed by atoms with Crippen molar-refractivity contribution in [1.29, 1.82) is 0 Å². The minimum atomic E-state index is -0.558. The summed E-state index contributed by atoms with van der Waals surface area (Å²) in [7, 11) is 0. The lowest BCUT2D eigenvalue weighted by Crippen LogP contribution is -2.23. The first kappa shape index (κ1) is 12.4.